The minimum Gasteiger partial charge on any atom is -0.379 e. The highest BCUT2D eigenvalue weighted by Gasteiger charge is 2.29. The van der Waals surface area contributed by atoms with E-state index in [-0.39, 0.29) is 11.4 Å². The summed E-state index contributed by atoms with van der Waals surface area (Å²) in [4.78, 5) is 16.0. The van der Waals surface area contributed by atoms with E-state index in [0.29, 0.717) is 17.9 Å². The summed E-state index contributed by atoms with van der Waals surface area (Å²) in [5.41, 5.74) is 0.435. The molecule has 1 saturated heterocycles. The third kappa shape index (κ3) is 2.84. The van der Waals surface area contributed by atoms with Crippen molar-refractivity contribution in [1.82, 2.24) is 10.3 Å². The Bertz CT molecular complexity index is 470. The van der Waals surface area contributed by atoms with Crippen molar-refractivity contribution in [3.05, 3.63) is 29.6 Å². The maximum Gasteiger partial charge on any atom is 0.270 e. The van der Waals surface area contributed by atoms with Crippen molar-refractivity contribution in [1.29, 1.82) is 5.26 Å². The minimum atomic E-state index is -0.328. The zero-order valence-electron chi connectivity index (χ0n) is 10.3. The van der Waals surface area contributed by atoms with Gasteiger partial charge in [-0.25, -0.2) is 4.98 Å². The summed E-state index contributed by atoms with van der Waals surface area (Å²) >= 11 is 0. The zero-order chi connectivity index (χ0) is 13.0. The van der Waals surface area contributed by atoms with Gasteiger partial charge in [0.2, 0.25) is 0 Å². The highest BCUT2D eigenvalue weighted by atomic mass is 16.5. The van der Waals surface area contributed by atoms with Gasteiger partial charge in [0, 0.05) is 12.8 Å². The van der Waals surface area contributed by atoms with Gasteiger partial charge in [-0.15, -0.1) is 0 Å². The van der Waals surface area contributed by atoms with Gasteiger partial charge in [-0.2, -0.15) is 5.26 Å². The molecular formula is C13H15N3O2. The number of aromatic nitrogens is 1. The van der Waals surface area contributed by atoms with Crippen LogP contribution in [-0.2, 0) is 4.74 Å². The first-order chi connectivity index (χ1) is 8.63. The molecule has 0 aromatic carbocycles. The third-order valence-corrected chi connectivity index (χ3v) is 2.98. The topological polar surface area (TPSA) is 75.0 Å². The molecule has 1 atom stereocenters. The molecule has 1 aromatic heterocycles. The van der Waals surface area contributed by atoms with Crippen molar-refractivity contribution in [3.8, 4) is 6.07 Å². The summed E-state index contributed by atoms with van der Waals surface area (Å²) in [5.74, 6) is -0.229. The number of ether oxygens (including phenoxy) is 1. The van der Waals surface area contributed by atoms with E-state index in [0.717, 1.165) is 19.4 Å². The van der Waals surface area contributed by atoms with Crippen LogP contribution in [0.3, 0.4) is 0 Å². The van der Waals surface area contributed by atoms with Gasteiger partial charge in [-0.1, -0.05) is 0 Å². The molecule has 5 nitrogen and oxygen atoms in total. The van der Waals surface area contributed by atoms with Crippen LogP contribution in [-0.4, -0.2) is 29.6 Å². The molecule has 5 heteroatoms. The molecule has 0 bridgehead atoms. The number of nitrogens with one attached hydrogen (secondary N) is 1. The van der Waals surface area contributed by atoms with Gasteiger partial charge >= 0.3 is 0 Å². The fourth-order valence-electron chi connectivity index (χ4n) is 1.97. The molecule has 94 valence electrons. The SMILES string of the molecule is CC1(NC(=O)c2ccc(C#N)cn2)CCCOC1. The van der Waals surface area contributed by atoms with Crippen molar-refractivity contribution in [2.75, 3.05) is 13.2 Å². The Kier molecular flexibility index (Phi) is 3.58. The van der Waals surface area contributed by atoms with Crippen molar-refractivity contribution >= 4 is 5.91 Å². The molecule has 1 aliphatic rings. The minimum absolute atomic E-state index is 0.229. The second kappa shape index (κ2) is 5.15. The van der Waals surface area contributed by atoms with Crippen molar-refractivity contribution in [2.45, 2.75) is 25.3 Å². The Morgan fingerprint density at radius 1 is 1.61 bits per heavy atom. The number of nitrogens with zero attached hydrogens (tertiary/aromatic N) is 2. The normalized spacial score (nSPS) is 23.1. The Labute approximate surface area is 106 Å². The van der Waals surface area contributed by atoms with Crippen LogP contribution >= 0.6 is 0 Å². The van der Waals surface area contributed by atoms with Crippen LogP contribution in [0.2, 0.25) is 0 Å². The first-order valence-electron chi connectivity index (χ1n) is 5.89. The molecule has 1 aromatic rings. The Balaban J connectivity index is 2.04. The molecule has 0 aliphatic carbocycles. The predicted molar refractivity (Wildman–Crippen MR) is 64.9 cm³/mol. The lowest BCUT2D eigenvalue weighted by Crippen LogP contribution is -2.51. The maximum absolute atomic E-state index is 12.0. The van der Waals surface area contributed by atoms with Crippen molar-refractivity contribution in [2.24, 2.45) is 0 Å². The van der Waals surface area contributed by atoms with Crippen LogP contribution < -0.4 is 5.32 Å². The number of nitriles is 1. The summed E-state index contributed by atoms with van der Waals surface area (Å²) in [5, 5.41) is 11.6. The molecule has 1 amide bonds. The van der Waals surface area contributed by atoms with Gasteiger partial charge in [0.15, 0.2) is 0 Å². The molecule has 1 N–H and O–H groups in total. The number of amides is 1. The zero-order valence-corrected chi connectivity index (χ0v) is 10.3. The fourth-order valence-corrected chi connectivity index (χ4v) is 1.97. The van der Waals surface area contributed by atoms with E-state index in [1.165, 1.54) is 6.20 Å². The standard InChI is InChI=1S/C13H15N3O2/c1-13(5-2-6-18-9-13)16-12(17)11-4-3-10(7-14)8-15-11/h3-4,8H,2,5-6,9H2,1H3,(H,16,17). The molecule has 2 heterocycles. The second-order valence-corrected chi connectivity index (χ2v) is 4.71. The summed E-state index contributed by atoms with van der Waals surface area (Å²) in [6.45, 7) is 3.24. The van der Waals surface area contributed by atoms with Crippen LogP contribution in [0.5, 0.6) is 0 Å². The van der Waals surface area contributed by atoms with Crippen LogP contribution in [0.1, 0.15) is 35.8 Å². The largest absolute Gasteiger partial charge is 0.379 e. The van der Waals surface area contributed by atoms with Gasteiger partial charge < -0.3 is 10.1 Å². The predicted octanol–water partition coefficient (Wildman–Crippen LogP) is 1.25. The van der Waals surface area contributed by atoms with Gasteiger partial charge in [-0.05, 0) is 31.9 Å². The van der Waals surface area contributed by atoms with E-state index in [9.17, 15) is 4.79 Å². The second-order valence-electron chi connectivity index (χ2n) is 4.71. The summed E-state index contributed by atoms with van der Waals surface area (Å²) in [6.07, 6.45) is 3.24. The van der Waals surface area contributed by atoms with Gasteiger partial charge in [0.1, 0.15) is 11.8 Å². The van der Waals surface area contributed by atoms with E-state index in [1.54, 1.807) is 12.1 Å². The van der Waals surface area contributed by atoms with Crippen LogP contribution in [0.15, 0.2) is 18.3 Å². The lowest BCUT2D eigenvalue weighted by molar-refractivity contribution is 0.0271. The quantitative estimate of drug-likeness (QED) is 0.851. The lowest BCUT2D eigenvalue weighted by atomic mass is 9.95. The molecule has 1 fully saturated rings. The smallest absolute Gasteiger partial charge is 0.270 e. The number of hydrogen-bond acceptors (Lipinski definition) is 4. The van der Waals surface area contributed by atoms with E-state index < -0.39 is 0 Å². The lowest BCUT2D eigenvalue weighted by Gasteiger charge is -2.34. The van der Waals surface area contributed by atoms with Crippen LogP contribution in [0, 0.1) is 11.3 Å². The van der Waals surface area contributed by atoms with E-state index >= 15 is 0 Å². The summed E-state index contributed by atoms with van der Waals surface area (Å²) < 4.78 is 5.38. The number of rotatable bonds is 2. The Hall–Kier alpha value is -1.93. The average Bonchev–Trinajstić information content (AvgIpc) is 2.39. The van der Waals surface area contributed by atoms with Crippen molar-refractivity contribution < 1.29 is 9.53 Å². The van der Waals surface area contributed by atoms with Crippen molar-refractivity contribution in [3.63, 3.8) is 0 Å². The number of carbonyl (C=O) groups excluding carboxylic acids is 1. The molecule has 0 radical (unpaired) electrons. The number of hydrogen-bond donors (Lipinski definition) is 1. The maximum atomic E-state index is 12.0. The van der Waals surface area contributed by atoms with E-state index in [2.05, 4.69) is 10.3 Å². The Morgan fingerprint density at radius 2 is 2.44 bits per heavy atom. The number of carbonyl (C=O) groups is 1. The van der Waals surface area contributed by atoms with Crippen LogP contribution in [0.25, 0.3) is 0 Å². The van der Waals surface area contributed by atoms with Crippen LogP contribution in [0.4, 0.5) is 0 Å². The first kappa shape index (κ1) is 12.5. The molecular weight excluding hydrogens is 230 g/mol. The highest BCUT2D eigenvalue weighted by molar-refractivity contribution is 5.92. The monoisotopic (exact) mass is 245 g/mol. The highest BCUT2D eigenvalue weighted by Crippen LogP contribution is 2.18. The van der Waals surface area contributed by atoms with E-state index in [4.69, 9.17) is 10.00 Å². The number of pyridine rings is 1. The van der Waals surface area contributed by atoms with Gasteiger partial charge in [0.25, 0.3) is 5.91 Å². The molecule has 2 rings (SSSR count). The summed E-state index contributed by atoms with van der Waals surface area (Å²) in [6, 6.07) is 5.11. The molecule has 1 unspecified atom stereocenters. The Morgan fingerprint density at radius 3 is 3.00 bits per heavy atom. The molecule has 18 heavy (non-hydrogen) atoms. The molecule has 0 spiro atoms. The fraction of sp³-hybridized carbons (Fsp3) is 0.462. The van der Waals surface area contributed by atoms with E-state index in [1.807, 2.05) is 13.0 Å². The van der Waals surface area contributed by atoms with Gasteiger partial charge in [-0.3, -0.25) is 4.79 Å². The van der Waals surface area contributed by atoms with Gasteiger partial charge in [0.05, 0.1) is 17.7 Å². The molecule has 0 saturated carbocycles. The average molecular weight is 245 g/mol. The molecule has 1 aliphatic heterocycles. The first-order valence-corrected chi connectivity index (χ1v) is 5.89. The summed E-state index contributed by atoms with van der Waals surface area (Å²) in [7, 11) is 0. The third-order valence-electron chi connectivity index (χ3n) is 2.98.